The van der Waals surface area contributed by atoms with E-state index in [1.807, 2.05) is 13.0 Å². The molecule has 3 nitrogen and oxygen atoms in total. The minimum atomic E-state index is -0.333. The smallest absolute Gasteiger partial charge is 0.339 e. The van der Waals surface area contributed by atoms with Gasteiger partial charge in [0.25, 0.3) is 0 Å². The molecule has 0 bridgehead atoms. The third kappa shape index (κ3) is 2.50. The van der Waals surface area contributed by atoms with Crippen molar-refractivity contribution in [1.29, 1.82) is 0 Å². The average Bonchev–Trinajstić information content (AvgIpc) is 2.18. The SMILES string of the molecule is CCOC(=O)c1c(Br)ccc(OC)c1C. The van der Waals surface area contributed by atoms with Crippen molar-refractivity contribution >= 4 is 21.9 Å². The molecule has 0 saturated carbocycles. The van der Waals surface area contributed by atoms with Crippen molar-refractivity contribution in [2.45, 2.75) is 13.8 Å². The van der Waals surface area contributed by atoms with Gasteiger partial charge in [-0.15, -0.1) is 0 Å². The molecule has 0 spiro atoms. The zero-order valence-corrected chi connectivity index (χ0v) is 10.6. The first-order valence-corrected chi connectivity index (χ1v) is 5.41. The number of esters is 1. The Hall–Kier alpha value is -1.03. The van der Waals surface area contributed by atoms with Crippen LogP contribution in [-0.4, -0.2) is 19.7 Å². The predicted molar refractivity (Wildman–Crippen MR) is 61.4 cm³/mol. The molecule has 0 N–H and O–H groups in total. The van der Waals surface area contributed by atoms with Gasteiger partial charge < -0.3 is 9.47 Å². The minimum absolute atomic E-state index is 0.333. The molecule has 1 aromatic carbocycles. The summed E-state index contributed by atoms with van der Waals surface area (Å²) < 4.78 is 10.8. The molecule has 0 heterocycles. The lowest BCUT2D eigenvalue weighted by atomic mass is 10.1. The van der Waals surface area contributed by atoms with E-state index in [9.17, 15) is 4.79 Å². The number of carbonyl (C=O) groups excluding carboxylic acids is 1. The maximum absolute atomic E-state index is 11.6. The Morgan fingerprint density at radius 2 is 2.13 bits per heavy atom. The van der Waals surface area contributed by atoms with E-state index in [1.54, 1.807) is 20.1 Å². The van der Waals surface area contributed by atoms with Crippen molar-refractivity contribution in [2.75, 3.05) is 13.7 Å². The Kier molecular flexibility index (Phi) is 4.15. The van der Waals surface area contributed by atoms with Crippen molar-refractivity contribution in [1.82, 2.24) is 0 Å². The van der Waals surface area contributed by atoms with Gasteiger partial charge in [0.05, 0.1) is 19.3 Å². The highest BCUT2D eigenvalue weighted by Crippen LogP contribution is 2.28. The van der Waals surface area contributed by atoms with Gasteiger partial charge in [-0.05, 0) is 41.9 Å². The molecule has 0 unspecified atom stereocenters. The Balaban J connectivity index is 3.20. The maximum atomic E-state index is 11.6. The summed E-state index contributed by atoms with van der Waals surface area (Å²) in [5.74, 6) is 0.349. The molecule has 0 aromatic heterocycles. The highest BCUT2D eigenvalue weighted by atomic mass is 79.9. The zero-order chi connectivity index (χ0) is 11.4. The van der Waals surface area contributed by atoms with Crippen LogP contribution in [0.25, 0.3) is 0 Å². The van der Waals surface area contributed by atoms with Crippen LogP contribution in [0.15, 0.2) is 16.6 Å². The molecule has 0 atom stereocenters. The van der Waals surface area contributed by atoms with Crippen LogP contribution in [0.5, 0.6) is 5.75 Å². The second-order valence-corrected chi connectivity index (χ2v) is 3.82. The summed E-state index contributed by atoms with van der Waals surface area (Å²) in [6.07, 6.45) is 0. The fourth-order valence-corrected chi connectivity index (χ4v) is 1.93. The van der Waals surface area contributed by atoms with Crippen molar-refractivity contribution in [3.8, 4) is 5.75 Å². The topological polar surface area (TPSA) is 35.5 Å². The van der Waals surface area contributed by atoms with Crippen molar-refractivity contribution in [2.24, 2.45) is 0 Å². The van der Waals surface area contributed by atoms with Crippen LogP contribution in [0, 0.1) is 6.92 Å². The van der Waals surface area contributed by atoms with E-state index in [0.29, 0.717) is 17.9 Å². The molecule has 0 aliphatic heterocycles. The van der Waals surface area contributed by atoms with Crippen LogP contribution < -0.4 is 4.74 Å². The van der Waals surface area contributed by atoms with Crippen molar-refractivity contribution in [3.63, 3.8) is 0 Å². The molecule has 0 saturated heterocycles. The fraction of sp³-hybridized carbons (Fsp3) is 0.364. The van der Waals surface area contributed by atoms with Crippen LogP contribution in [0.2, 0.25) is 0 Å². The Morgan fingerprint density at radius 3 is 2.67 bits per heavy atom. The van der Waals surface area contributed by atoms with E-state index in [4.69, 9.17) is 9.47 Å². The number of benzene rings is 1. The first-order valence-electron chi connectivity index (χ1n) is 4.62. The monoisotopic (exact) mass is 272 g/mol. The quantitative estimate of drug-likeness (QED) is 0.794. The first kappa shape index (κ1) is 12.0. The number of hydrogen-bond donors (Lipinski definition) is 0. The van der Waals surface area contributed by atoms with Crippen LogP contribution in [0.1, 0.15) is 22.8 Å². The summed E-state index contributed by atoms with van der Waals surface area (Å²) >= 11 is 3.32. The van der Waals surface area contributed by atoms with Crippen molar-refractivity contribution in [3.05, 3.63) is 27.7 Å². The number of carbonyl (C=O) groups is 1. The van der Waals surface area contributed by atoms with Crippen LogP contribution >= 0.6 is 15.9 Å². The Bertz CT molecular complexity index is 374. The van der Waals surface area contributed by atoms with Gasteiger partial charge in [0.1, 0.15) is 5.75 Å². The summed E-state index contributed by atoms with van der Waals surface area (Å²) in [6.45, 7) is 3.97. The molecule has 4 heteroatoms. The summed E-state index contributed by atoms with van der Waals surface area (Å²) in [7, 11) is 1.57. The number of methoxy groups -OCH3 is 1. The van der Waals surface area contributed by atoms with Crippen LogP contribution in [-0.2, 0) is 4.74 Å². The second-order valence-electron chi connectivity index (χ2n) is 2.97. The highest BCUT2D eigenvalue weighted by Gasteiger charge is 2.17. The van der Waals surface area contributed by atoms with Gasteiger partial charge in [-0.1, -0.05) is 0 Å². The molecule has 0 fully saturated rings. The molecule has 0 amide bonds. The van der Waals surface area contributed by atoms with Gasteiger partial charge in [0.2, 0.25) is 0 Å². The zero-order valence-electron chi connectivity index (χ0n) is 8.96. The standard InChI is InChI=1S/C11H13BrO3/c1-4-15-11(13)10-7(2)9(14-3)6-5-8(10)12/h5-6H,4H2,1-3H3. The predicted octanol–water partition coefficient (Wildman–Crippen LogP) is 2.94. The molecule has 0 aliphatic carbocycles. The van der Waals surface area contributed by atoms with E-state index in [2.05, 4.69) is 15.9 Å². The summed E-state index contributed by atoms with van der Waals surface area (Å²) in [4.78, 5) is 11.6. The second kappa shape index (κ2) is 5.16. The lowest BCUT2D eigenvalue weighted by molar-refractivity contribution is 0.0524. The molecule has 1 aromatic rings. The number of rotatable bonds is 3. The Labute approximate surface area is 97.5 Å². The first-order chi connectivity index (χ1) is 7.11. The van der Waals surface area contributed by atoms with Crippen LogP contribution in [0.3, 0.4) is 0 Å². The minimum Gasteiger partial charge on any atom is -0.496 e. The molecule has 1 rings (SSSR count). The summed E-state index contributed by atoms with van der Waals surface area (Å²) in [5.41, 5.74) is 1.31. The van der Waals surface area contributed by atoms with E-state index < -0.39 is 0 Å². The summed E-state index contributed by atoms with van der Waals surface area (Å²) in [5, 5.41) is 0. The lowest BCUT2D eigenvalue weighted by Crippen LogP contribution is -2.08. The van der Waals surface area contributed by atoms with Gasteiger partial charge in [-0.3, -0.25) is 0 Å². The van der Waals surface area contributed by atoms with Gasteiger partial charge in [0, 0.05) is 10.0 Å². The van der Waals surface area contributed by atoms with Gasteiger partial charge in [-0.2, -0.15) is 0 Å². The van der Waals surface area contributed by atoms with Gasteiger partial charge in [-0.25, -0.2) is 4.79 Å². The number of ether oxygens (including phenoxy) is 2. The van der Waals surface area contributed by atoms with Gasteiger partial charge in [0.15, 0.2) is 0 Å². The van der Waals surface area contributed by atoms with E-state index in [1.165, 1.54) is 0 Å². The Morgan fingerprint density at radius 1 is 1.47 bits per heavy atom. The lowest BCUT2D eigenvalue weighted by Gasteiger charge is -2.11. The third-order valence-corrected chi connectivity index (χ3v) is 2.72. The fourth-order valence-electron chi connectivity index (χ4n) is 1.33. The molecule has 0 radical (unpaired) electrons. The normalized spacial score (nSPS) is 9.87. The van der Waals surface area contributed by atoms with E-state index in [0.717, 1.165) is 10.0 Å². The maximum Gasteiger partial charge on any atom is 0.339 e. The van der Waals surface area contributed by atoms with E-state index in [-0.39, 0.29) is 5.97 Å². The highest BCUT2D eigenvalue weighted by molar-refractivity contribution is 9.10. The van der Waals surface area contributed by atoms with E-state index >= 15 is 0 Å². The molecule has 15 heavy (non-hydrogen) atoms. The number of hydrogen-bond acceptors (Lipinski definition) is 3. The molecule has 0 aliphatic rings. The molecule has 82 valence electrons. The molecular weight excluding hydrogens is 260 g/mol. The van der Waals surface area contributed by atoms with Crippen molar-refractivity contribution < 1.29 is 14.3 Å². The third-order valence-electron chi connectivity index (χ3n) is 2.06. The average molecular weight is 273 g/mol. The largest absolute Gasteiger partial charge is 0.496 e. The summed E-state index contributed by atoms with van der Waals surface area (Å²) in [6, 6.07) is 3.58. The number of halogens is 1. The molecular formula is C11H13BrO3. The van der Waals surface area contributed by atoms with Gasteiger partial charge >= 0.3 is 5.97 Å². The van der Waals surface area contributed by atoms with Crippen LogP contribution in [0.4, 0.5) is 0 Å².